The maximum atomic E-state index is 3.21. The van der Waals surface area contributed by atoms with E-state index in [9.17, 15) is 0 Å². The minimum absolute atomic E-state index is 0.691. The topological polar surface area (TPSA) is 15.3 Å². The Morgan fingerprint density at radius 1 is 1.41 bits per heavy atom. The maximum absolute atomic E-state index is 3.21. The number of hydrogen-bond donors (Lipinski definition) is 1. The lowest BCUT2D eigenvalue weighted by Gasteiger charge is -2.17. The van der Waals surface area contributed by atoms with Crippen LogP contribution in [-0.4, -0.2) is 26.7 Å². The molecule has 0 amide bonds. The molecule has 0 aliphatic carbocycles. The van der Waals surface area contributed by atoms with Gasteiger partial charge < -0.3 is 10.2 Å². The summed E-state index contributed by atoms with van der Waals surface area (Å²) in [5.41, 5.74) is 4.48. The summed E-state index contributed by atoms with van der Waals surface area (Å²) >= 11 is 0. The van der Waals surface area contributed by atoms with Crippen LogP contribution in [0.2, 0.25) is 0 Å². The quantitative estimate of drug-likeness (QED) is 0.785. The molecule has 0 spiro atoms. The maximum Gasteiger partial charge on any atom is 0.0405 e. The Morgan fingerprint density at radius 3 is 2.94 bits per heavy atom. The molecule has 0 fully saturated rings. The molecule has 1 heterocycles. The SMILES string of the molecule is CCN1CC(C)c2ccc(CCCNC)cc21. The van der Waals surface area contributed by atoms with Gasteiger partial charge in [0.15, 0.2) is 0 Å². The zero-order valence-electron chi connectivity index (χ0n) is 11.3. The van der Waals surface area contributed by atoms with E-state index in [1.54, 1.807) is 0 Å². The van der Waals surface area contributed by atoms with Crippen molar-refractivity contribution in [2.45, 2.75) is 32.6 Å². The fourth-order valence-electron chi connectivity index (χ4n) is 2.73. The van der Waals surface area contributed by atoms with Gasteiger partial charge in [-0.1, -0.05) is 19.1 Å². The summed E-state index contributed by atoms with van der Waals surface area (Å²) in [6.45, 7) is 7.98. The smallest absolute Gasteiger partial charge is 0.0405 e. The summed E-state index contributed by atoms with van der Waals surface area (Å²) in [4.78, 5) is 2.50. The van der Waals surface area contributed by atoms with E-state index in [4.69, 9.17) is 0 Å². The van der Waals surface area contributed by atoms with Gasteiger partial charge in [-0.05, 0) is 50.6 Å². The van der Waals surface area contributed by atoms with Crippen LogP contribution in [0.25, 0.3) is 0 Å². The molecule has 1 aliphatic rings. The molecule has 2 rings (SSSR count). The second-order valence-electron chi connectivity index (χ2n) is 5.04. The van der Waals surface area contributed by atoms with Crippen LogP contribution in [0, 0.1) is 0 Å². The van der Waals surface area contributed by atoms with Crippen molar-refractivity contribution >= 4 is 5.69 Å². The molecule has 2 heteroatoms. The molecule has 2 nitrogen and oxygen atoms in total. The molecule has 0 bridgehead atoms. The minimum Gasteiger partial charge on any atom is -0.371 e. The second kappa shape index (κ2) is 5.54. The zero-order chi connectivity index (χ0) is 12.3. The van der Waals surface area contributed by atoms with Gasteiger partial charge in [-0.25, -0.2) is 0 Å². The molecule has 1 aromatic rings. The number of aryl methyl sites for hydroxylation is 1. The first-order valence-electron chi connectivity index (χ1n) is 6.78. The lowest BCUT2D eigenvalue weighted by Crippen LogP contribution is -2.20. The molecule has 0 saturated carbocycles. The first-order valence-corrected chi connectivity index (χ1v) is 6.78. The van der Waals surface area contributed by atoms with Gasteiger partial charge in [-0.2, -0.15) is 0 Å². The lowest BCUT2D eigenvalue weighted by molar-refractivity contribution is 0.724. The average Bonchev–Trinajstić information content (AvgIpc) is 2.66. The van der Waals surface area contributed by atoms with Crippen molar-refractivity contribution in [2.75, 3.05) is 31.6 Å². The molecule has 1 aliphatic heterocycles. The summed E-state index contributed by atoms with van der Waals surface area (Å²) < 4.78 is 0. The van der Waals surface area contributed by atoms with Crippen molar-refractivity contribution in [3.63, 3.8) is 0 Å². The zero-order valence-corrected chi connectivity index (χ0v) is 11.3. The van der Waals surface area contributed by atoms with Crippen molar-refractivity contribution in [1.29, 1.82) is 0 Å². The fourth-order valence-corrected chi connectivity index (χ4v) is 2.73. The summed E-state index contributed by atoms with van der Waals surface area (Å²) in [6.07, 6.45) is 2.40. The minimum atomic E-state index is 0.691. The second-order valence-corrected chi connectivity index (χ2v) is 5.04. The number of nitrogens with zero attached hydrogens (tertiary/aromatic N) is 1. The van der Waals surface area contributed by atoms with Crippen molar-refractivity contribution < 1.29 is 0 Å². The van der Waals surface area contributed by atoms with Crippen LogP contribution in [0.4, 0.5) is 5.69 Å². The molecular formula is C15H24N2. The van der Waals surface area contributed by atoms with Gasteiger partial charge in [-0.3, -0.25) is 0 Å². The van der Waals surface area contributed by atoms with Gasteiger partial charge in [0.1, 0.15) is 0 Å². The normalized spacial score (nSPS) is 18.5. The molecule has 1 aromatic carbocycles. The van der Waals surface area contributed by atoms with Crippen molar-refractivity contribution in [2.24, 2.45) is 0 Å². The highest BCUT2D eigenvalue weighted by atomic mass is 15.1. The van der Waals surface area contributed by atoms with E-state index < -0.39 is 0 Å². The van der Waals surface area contributed by atoms with E-state index in [0.717, 1.165) is 13.1 Å². The lowest BCUT2D eigenvalue weighted by atomic mass is 10.0. The molecule has 0 saturated heterocycles. The highest BCUT2D eigenvalue weighted by Crippen LogP contribution is 2.36. The average molecular weight is 232 g/mol. The van der Waals surface area contributed by atoms with Crippen LogP contribution in [0.15, 0.2) is 18.2 Å². The Kier molecular flexibility index (Phi) is 4.06. The molecular weight excluding hydrogens is 208 g/mol. The number of benzene rings is 1. The highest BCUT2D eigenvalue weighted by molar-refractivity contribution is 5.61. The molecule has 0 aromatic heterocycles. The summed E-state index contributed by atoms with van der Waals surface area (Å²) in [5.74, 6) is 0.691. The third kappa shape index (κ3) is 2.63. The van der Waals surface area contributed by atoms with Crippen LogP contribution in [0.5, 0.6) is 0 Å². The Balaban J connectivity index is 2.12. The van der Waals surface area contributed by atoms with Gasteiger partial charge in [0.25, 0.3) is 0 Å². The Bertz CT molecular complexity index is 373. The summed E-state index contributed by atoms with van der Waals surface area (Å²) in [7, 11) is 2.02. The molecule has 17 heavy (non-hydrogen) atoms. The predicted octanol–water partition coefficient (Wildman–Crippen LogP) is 2.78. The first kappa shape index (κ1) is 12.4. The van der Waals surface area contributed by atoms with Crippen molar-refractivity contribution in [3.05, 3.63) is 29.3 Å². The van der Waals surface area contributed by atoms with E-state index in [0.29, 0.717) is 5.92 Å². The van der Waals surface area contributed by atoms with E-state index in [2.05, 4.69) is 42.3 Å². The third-order valence-electron chi connectivity index (χ3n) is 3.73. The molecule has 1 N–H and O–H groups in total. The van der Waals surface area contributed by atoms with Gasteiger partial charge in [0.2, 0.25) is 0 Å². The van der Waals surface area contributed by atoms with Crippen LogP contribution in [0.1, 0.15) is 37.3 Å². The van der Waals surface area contributed by atoms with Crippen LogP contribution < -0.4 is 10.2 Å². The monoisotopic (exact) mass is 232 g/mol. The van der Waals surface area contributed by atoms with Crippen molar-refractivity contribution in [1.82, 2.24) is 5.32 Å². The van der Waals surface area contributed by atoms with Gasteiger partial charge in [0.05, 0.1) is 0 Å². The van der Waals surface area contributed by atoms with E-state index in [1.807, 2.05) is 7.05 Å². The number of likely N-dealkylation sites (N-methyl/N-ethyl adjacent to an activating group) is 1. The van der Waals surface area contributed by atoms with Gasteiger partial charge >= 0.3 is 0 Å². The highest BCUT2D eigenvalue weighted by Gasteiger charge is 2.24. The summed E-state index contributed by atoms with van der Waals surface area (Å²) in [6, 6.07) is 7.05. The number of rotatable bonds is 5. The number of fused-ring (bicyclic) bond motifs is 1. The van der Waals surface area contributed by atoms with E-state index in [-0.39, 0.29) is 0 Å². The van der Waals surface area contributed by atoms with E-state index in [1.165, 1.54) is 36.2 Å². The number of anilines is 1. The van der Waals surface area contributed by atoms with Crippen LogP contribution in [0.3, 0.4) is 0 Å². The largest absolute Gasteiger partial charge is 0.371 e. The number of nitrogens with one attached hydrogen (secondary N) is 1. The summed E-state index contributed by atoms with van der Waals surface area (Å²) in [5, 5.41) is 3.21. The third-order valence-corrected chi connectivity index (χ3v) is 3.73. The van der Waals surface area contributed by atoms with Gasteiger partial charge in [0, 0.05) is 24.7 Å². The molecule has 1 unspecified atom stereocenters. The Labute approximate surface area is 105 Å². The first-order chi connectivity index (χ1) is 8.26. The molecule has 0 radical (unpaired) electrons. The fraction of sp³-hybridized carbons (Fsp3) is 0.600. The predicted molar refractivity (Wildman–Crippen MR) is 75.0 cm³/mol. The Hall–Kier alpha value is -1.02. The van der Waals surface area contributed by atoms with Crippen LogP contribution in [-0.2, 0) is 6.42 Å². The van der Waals surface area contributed by atoms with Gasteiger partial charge in [-0.15, -0.1) is 0 Å². The number of hydrogen-bond acceptors (Lipinski definition) is 2. The Morgan fingerprint density at radius 2 is 2.24 bits per heavy atom. The standard InChI is InChI=1S/C15H24N2/c1-4-17-11-12(2)14-8-7-13(10-15(14)17)6-5-9-16-3/h7-8,10,12,16H,4-6,9,11H2,1-3H3. The van der Waals surface area contributed by atoms with E-state index >= 15 is 0 Å². The molecule has 94 valence electrons. The van der Waals surface area contributed by atoms with Crippen molar-refractivity contribution in [3.8, 4) is 0 Å². The van der Waals surface area contributed by atoms with Crippen LogP contribution >= 0.6 is 0 Å². The molecule has 1 atom stereocenters.